The van der Waals surface area contributed by atoms with Gasteiger partial charge in [-0.05, 0) is 48.6 Å². The monoisotopic (exact) mass is 435 g/mol. The van der Waals surface area contributed by atoms with Gasteiger partial charge in [-0.1, -0.05) is 6.07 Å². The summed E-state index contributed by atoms with van der Waals surface area (Å²) in [6.07, 6.45) is 1.37. The Balaban J connectivity index is 1.38. The Hall–Kier alpha value is -1.94. The molecule has 1 aromatic carbocycles. The highest BCUT2D eigenvalue weighted by atomic mass is 32.2. The summed E-state index contributed by atoms with van der Waals surface area (Å²) in [4.78, 5) is 15.0. The number of carbonyl (C=O) groups excluding carboxylic acids is 1. The van der Waals surface area contributed by atoms with Crippen molar-refractivity contribution in [2.75, 3.05) is 49.6 Å². The van der Waals surface area contributed by atoms with Gasteiger partial charge in [0.15, 0.2) is 0 Å². The molecule has 1 unspecified atom stereocenters. The number of piperidine rings is 1. The van der Waals surface area contributed by atoms with Crippen molar-refractivity contribution in [3.63, 3.8) is 0 Å². The average molecular weight is 436 g/mol. The van der Waals surface area contributed by atoms with Crippen LogP contribution < -0.4 is 10.2 Å². The van der Waals surface area contributed by atoms with Gasteiger partial charge in [0.05, 0.1) is 19.1 Å². The molecule has 0 radical (unpaired) electrons. The topological polar surface area (TPSA) is 79.0 Å². The minimum Gasteiger partial charge on any atom is -0.378 e. The molecule has 1 amide bonds. The third-order valence-electron chi connectivity index (χ3n) is 5.36. The Bertz CT molecular complexity index is 923. The molecule has 1 aromatic heterocycles. The number of ether oxygens (including phenoxy) is 1. The van der Waals surface area contributed by atoms with Crippen molar-refractivity contribution in [2.24, 2.45) is 5.92 Å². The molecule has 0 saturated carbocycles. The van der Waals surface area contributed by atoms with Gasteiger partial charge in [0.25, 0.3) is 10.0 Å². The maximum atomic E-state index is 12.8. The van der Waals surface area contributed by atoms with Crippen LogP contribution in [0.15, 0.2) is 46.0 Å². The number of anilines is 2. The van der Waals surface area contributed by atoms with Crippen molar-refractivity contribution >= 4 is 38.6 Å². The van der Waals surface area contributed by atoms with Crippen molar-refractivity contribution < 1.29 is 17.9 Å². The first kappa shape index (κ1) is 20.3. The highest BCUT2D eigenvalue weighted by Crippen LogP contribution is 2.27. The van der Waals surface area contributed by atoms with Crippen LogP contribution in [-0.2, 0) is 19.6 Å². The van der Waals surface area contributed by atoms with Gasteiger partial charge >= 0.3 is 0 Å². The molecule has 0 aliphatic carbocycles. The van der Waals surface area contributed by atoms with Gasteiger partial charge in [-0.15, -0.1) is 11.3 Å². The number of nitrogens with one attached hydrogen (secondary N) is 1. The van der Waals surface area contributed by atoms with E-state index in [4.69, 9.17) is 4.74 Å². The average Bonchev–Trinajstić information content (AvgIpc) is 3.31. The maximum absolute atomic E-state index is 12.8. The SMILES string of the molecule is O=C(Nc1ccc(N2CCOCC2)cc1)C1CCCN(S(=O)(=O)c2cccs2)C1. The van der Waals surface area contributed by atoms with Crippen LogP contribution in [0.3, 0.4) is 0 Å². The van der Waals surface area contributed by atoms with E-state index in [1.165, 1.54) is 15.6 Å². The van der Waals surface area contributed by atoms with Crippen molar-refractivity contribution in [1.29, 1.82) is 0 Å². The van der Waals surface area contributed by atoms with Crippen LogP contribution in [0.2, 0.25) is 0 Å². The van der Waals surface area contributed by atoms with Gasteiger partial charge in [-0.2, -0.15) is 4.31 Å². The van der Waals surface area contributed by atoms with Gasteiger partial charge < -0.3 is 15.0 Å². The molecule has 1 atom stereocenters. The summed E-state index contributed by atoms with van der Waals surface area (Å²) in [5.41, 5.74) is 1.84. The molecule has 0 bridgehead atoms. The molecule has 9 heteroatoms. The second-order valence-corrected chi connectivity index (χ2v) is 10.4. The molecule has 2 saturated heterocycles. The van der Waals surface area contributed by atoms with E-state index >= 15 is 0 Å². The van der Waals surface area contributed by atoms with Crippen LogP contribution in [0.1, 0.15) is 12.8 Å². The smallest absolute Gasteiger partial charge is 0.252 e. The summed E-state index contributed by atoms with van der Waals surface area (Å²) >= 11 is 1.21. The molecule has 2 aliphatic rings. The lowest BCUT2D eigenvalue weighted by Crippen LogP contribution is -2.43. The number of morpholine rings is 1. The van der Waals surface area contributed by atoms with Crippen molar-refractivity contribution in [3.05, 3.63) is 41.8 Å². The van der Waals surface area contributed by atoms with E-state index in [1.807, 2.05) is 24.3 Å². The lowest BCUT2D eigenvalue weighted by molar-refractivity contribution is -0.120. The molecule has 7 nitrogen and oxygen atoms in total. The van der Waals surface area contributed by atoms with Gasteiger partial charge in [0, 0.05) is 37.6 Å². The zero-order chi connectivity index (χ0) is 20.3. The van der Waals surface area contributed by atoms with E-state index in [1.54, 1.807) is 17.5 Å². The Morgan fingerprint density at radius 1 is 1.10 bits per heavy atom. The minimum absolute atomic E-state index is 0.129. The van der Waals surface area contributed by atoms with Crippen molar-refractivity contribution in [2.45, 2.75) is 17.1 Å². The Labute approximate surface area is 175 Å². The third-order valence-corrected chi connectivity index (χ3v) is 8.59. The molecule has 29 heavy (non-hydrogen) atoms. The Kier molecular flexibility index (Phi) is 6.19. The number of sulfonamides is 1. The second-order valence-electron chi connectivity index (χ2n) is 7.27. The molecule has 4 rings (SSSR count). The molecule has 3 heterocycles. The highest BCUT2D eigenvalue weighted by Gasteiger charge is 2.33. The van der Waals surface area contributed by atoms with Crippen LogP contribution in [0.5, 0.6) is 0 Å². The third kappa shape index (κ3) is 4.63. The van der Waals surface area contributed by atoms with Crippen LogP contribution >= 0.6 is 11.3 Å². The van der Waals surface area contributed by atoms with E-state index in [9.17, 15) is 13.2 Å². The lowest BCUT2D eigenvalue weighted by Gasteiger charge is -2.31. The molecule has 0 spiro atoms. The van der Waals surface area contributed by atoms with E-state index in [-0.39, 0.29) is 18.4 Å². The fourth-order valence-corrected chi connectivity index (χ4v) is 6.40. The maximum Gasteiger partial charge on any atom is 0.252 e. The molecule has 2 fully saturated rings. The number of thiophene rings is 1. The first-order valence-corrected chi connectivity index (χ1v) is 12.1. The number of amides is 1. The molecule has 2 aromatic rings. The van der Waals surface area contributed by atoms with Crippen LogP contribution in [0.4, 0.5) is 11.4 Å². The number of hydrogen-bond acceptors (Lipinski definition) is 6. The molecule has 2 aliphatic heterocycles. The summed E-state index contributed by atoms with van der Waals surface area (Å²) in [6, 6.07) is 11.1. The predicted molar refractivity (Wildman–Crippen MR) is 114 cm³/mol. The van der Waals surface area contributed by atoms with Gasteiger partial charge in [-0.25, -0.2) is 8.42 Å². The van der Waals surface area contributed by atoms with E-state index in [0.717, 1.165) is 37.7 Å². The quantitative estimate of drug-likeness (QED) is 0.781. The summed E-state index contributed by atoms with van der Waals surface area (Å²) in [6.45, 7) is 3.86. The number of benzene rings is 1. The Morgan fingerprint density at radius 2 is 1.86 bits per heavy atom. The zero-order valence-electron chi connectivity index (χ0n) is 16.1. The predicted octanol–water partition coefficient (Wildman–Crippen LogP) is 2.62. The molecular weight excluding hydrogens is 410 g/mol. The number of hydrogen-bond donors (Lipinski definition) is 1. The van der Waals surface area contributed by atoms with Crippen LogP contribution in [0, 0.1) is 5.92 Å². The fraction of sp³-hybridized carbons (Fsp3) is 0.450. The molecular formula is C20H25N3O4S2. The molecule has 156 valence electrons. The summed E-state index contributed by atoms with van der Waals surface area (Å²) < 4.78 is 32.7. The fourth-order valence-electron chi connectivity index (χ4n) is 3.73. The highest BCUT2D eigenvalue weighted by molar-refractivity contribution is 7.91. The van der Waals surface area contributed by atoms with E-state index in [0.29, 0.717) is 23.6 Å². The lowest BCUT2D eigenvalue weighted by atomic mass is 9.98. The minimum atomic E-state index is -3.52. The largest absolute Gasteiger partial charge is 0.378 e. The normalized spacial score (nSPS) is 21.1. The van der Waals surface area contributed by atoms with Crippen LogP contribution in [0.25, 0.3) is 0 Å². The number of nitrogens with zero attached hydrogens (tertiary/aromatic N) is 2. The summed E-state index contributed by atoms with van der Waals surface area (Å²) in [5, 5.41) is 4.70. The summed E-state index contributed by atoms with van der Waals surface area (Å²) in [7, 11) is -3.52. The summed E-state index contributed by atoms with van der Waals surface area (Å²) in [5.74, 6) is -0.479. The van der Waals surface area contributed by atoms with Crippen LogP contribution in [-0.4, -0.2) is 58.0 Å². The zero-order valence-corrected chi connectivity index (χ0v) is 17.8. The van der Waals surface area contributed by atoms with E-state index in [2.05, 4.69) is 10.2 Å². The van der Waals surface area contributed by atoms with Gasteiger partial charge in [-0.3, -0.25) is 4.79 Å². The van der Waals surface area contributed by atoms with Crippen molar-refractivity contribution in [3.8, 4) is 0 Å². The first-order valence-electron chi connectivity index (χ1n) is 9.81. The first-order chi connectivity index (χ1) is 14.0. The van der Waals surface area contributed by atoms with Crippen molar-refractivity contribution in [1.82, 2.24) is 4.31 Å². The van der Waals surface area contributed by atoms with Gasteiger partial charge in [0.1, 0.15) is 4.21 Å². The standard InChI is InChI=1S/C20H25N3O4S2/c24-20(21-17-5-7-18(8-6-17)22-10-12-27-13-11-22)16-3-1-9-23(15-16)29(25,26)19-4-2-14-28-19/h2,4-8,14,16H,1,3,9-13,15H2,(H,21,24). The van der Waals surface area contributed by atoms with E-state index < -0.39 is 10.0 Å². The molecule has 1 N–H and O–H groups in total. The number of rotatable bonds is 5. The second kappa shape index (κ2) is 8.83. The Morgan fingerprint density at radius 3 is 2.55 bits per heavy atom. The van der Waals surface area contributed by atoms with Gasteiger partial charge in [0.2, 0.25) is 5.91 Å². The number of carbonyl (C=O) groups is 1.